The van der Waals surface area contributed by atoms with Gasteiger partial charge in [0.15, 0.2) is 11.5 Å². The fourth-order valence-electron chi connectivity index (χ4n) is 3.91. The van der Waals surface area contributed by atoms with Gasteiger partial charge in [-0.05, 0) is 93.3 Å². The van der Waals surface area contributed by atoms with Crippen molar-refractivity contribution in [1.82, 2.24) is 0 Å². The van der Waals surface area contributed by atoms with E-state index in [-0.39, 0.29) is 25.0 Å². The molecule has 0 fully saturated rings. The topological polar surface area (TPSA) is 102 Å². The van der Waals surface area contributed by atoms with E-state index < -0.39 is 11.9 Å². The third-order valence-corrected chi connectivity index (χ3v) is 5.98. The second-order valence-electron chi connectivity index (χ2n) is 9.82. The summed E-state index contributed by atoms with van der Waals surface area (Å²) in [5.74, 6) is -0.194. The Kier molecular flexibility index (Phi) is 10.9. The van der Waals surface area contributed by atoms with Crippen molar-refractivity contribution in [2.24, 2.45) is 0 Å². The fourth-order valence-corrected chi connectivity index (χ4v) is 3.91. The number of carboxylic acids is 2. The smallest absolute Gasteiger partial charge is 0.335 e. The Bertz CT molecular complexity index is 1390. The van der Waals surface area contributed by atoms with Crippen molar-refractivity contribution in [2.75, 3.05) is 13.2 Å². The molecule has 3 rings (SSSR count). The van der Waals surface area contributed by atoms with E-state index in [1.165, 1.54) is 6.07 Å². The number of hydrogen-bond acceptors (Lipinski definition) is 5. The molecule has 0 aliphatic rings. The summed E-state index contributed by atoms with van der Waals surface area (Å²) in [4.78, 5) is 22.9. The number of benzene rings is 3. The monoisotopic (exact) mass is 544 g/mol. The zero-order valence-electron chi connectivity index (χ0n) is 23.4. The number of rotatable bonds is 14. The van der Waals surface area contributed by atoms with Crippen molar-refractivity contribution >= 4 is 11.9 Å². The van der Waals surface area contributed by atoms with Crippen LogP contribution in [0.3, 0.4) is 0 Å². The number of aromatic carboxylic acids is 1. The zero-order chi connectivity index (χ0) is 29.1. The number of ether oxygens (including phenoxy) is 3. The molecular weight excluding hydrogens is 508 g/mol. The first-order chi connectivity index (χ1) is 19.1. The van der Waals surface area contributed by atoms with Gasteiger partial charge in [-0.1, -0.05) is 41.5 Å². The quantitative estimate of drug-likeness (QED) is 0.205. The van der Waals surface area contributed by atoms with Gasteiger partial charge in [0.2, 0.25) is 0 Å². The number of hydrogen-bond donors (Lipinski definition) is 2. The van der Waals surface area contributed by atoms with E-state index in [9.17, 15) is 19.8 Å². The molecule has 0 amide bonds. The van der Waals surface area contributed by atoms with Gasteiger partial charge in [-0.3, -0.25) is 4.79 Å². The molecule has 0 saturated carbocycles. The maximum absolute atomic E-state index is 11.6. The van der Waals surface area contributed by atoms with E-state index in [1.54, 1.807) is 24.3 Å². The standard InChI is InChI=1S/C33H36O7/c1-22(2)15-17-38-28-13-11-24(19-30(28)39-18-16-23(3)4)21-40-29-10-6-7-25(12-14-31(34)35)32(29)26-8-5-9-27(20-26)33(36)37/h5-11,13,15-16,19-20H,12,14,17-18,21H2,1-4H3,(H,34,35)(H,36,37). The van der Waals surface area contributed by atoms with Gasteiger partial charge < -0.3 is 24.4 Å². The molecule has 3 aromatic carbocycles. The van der Waals surface area contributed by atoms with E-state index in [0.717, 1.165) is 22.3 Å². The number of aryl methyl sites for hydroxylation is 1. The lowest BCUT2D eigenvalue weighted by atomic mass is 9.94. The second-order valence-corrected chi connectivity index (χ2v) is 9.82. The molecule has 0 aliphatic carbocycles. The van der Waals surface area contributed by atoms with Crippen LogP contribution in [0.2, 0.25) is 0 Å². The summed E-state index contributed by atoms with van der Waals surface area (Å²) in [5.41, 5.74) is 5.37. The molecule has 0 aromatic heterocycles. The Morgan fingerprint density at radius 2 is 1.43 bits per heavy atom. The highest BCUT2D eigenvalue weighted by molar-refractivity contribution is 5.90. The Morgan fingerprint density at radius 3 is 2.08 bits per heavy atom. The summed E-state index contributed by atoms with van der Waals surface area (Å²) in [7, 11) is 0. The molecule has 0 bridgehead atoms. The lowest BCUT2D eigenvalue weighted by Gasteiger charge is -2.17. The normalized spacial score (nSPS) is 10.4. The van der Waals surface area contributed by atoms with E-state index in [4.69, 9.17) is 14.2 Å². The van der Waals surface area contributed by atoms with Crippen molar-refractivity contribution in [2.45, 2.75) is 47.1 Å². The summed E-state index contributed by atoms with van der Waals surface area (Å²) in [6.45, 7) is 9.09. The number of carbonyl (C=O) groups is 2. The fraction of sp³-hybridized carbons (Fsp3) is 0.273. The maximum Gasteiger partial charge on any atom is 0.335 e. The highest BCUT2D eigenvalue weighted by atomic mass is 16.5. The van der Waals surface area contributed by atoms with Crippen LogP contribution in [0.5, 0.6) is 17.2 Å². The minimum atomic E-state index is -1.04. The molecule has 0 saturated heterocycles. The van der Waals surface area contributed by atoms with Crippen LogP contribution >= 0.6 is 0 Å². The first-order valence-electron chi connectivity index (χ1n) is 13.1. The van der Waals surface area contributed by atoms with Crippen molar-refractivity contribution in [1.29, 1.82) is 0 Å². The molecule has 0 aliphatic heterocycles. The molecule has 0 spiro atoms. The average molecular weight is 545 g/mol. The van der Waals surface area contributed by atoms with E-state index in [1.807, 2.05) is 70.2 Å². The summed E-state index contributed by atoms with van der Waals surface area (Å²) in [6.07, 6.45) is 4.20. The Labute approximate surface area is 235 Å². The van der Waals surface area contributed by atoms with Gasteiger partial charge in [-0.15, -0.1) is 0 Å². The summed E-state index contributed by atoms with van der Waals surface area (Å²) < 4.78 is 18.2. The van der Waals surface area contributed by atoms with Crippen LogP contribution in [-0.4, -0.2) is 35.4 Å². The molecular formula is C33H36O7. The molecule has 2 N–H and O–H groups in total. The average Bonchev–Trinajstić information content (AvgIpc) is 2.91. The van der Waals surface area contributed by atoms with Crippen molar-refractivity contribution in [3.05, 3.63) is 101 Å². The molecule has 40 heavy (non-hydrogen) atoms. The lowest BCUT2D eigenvalue weighted by Crippen LogP contribution is -2.04. The molecule has 3 aromatic rings. The molecule has 7 heteroatoms. The van der Waals surface area contributed by atoms with Gasteiger partial charge in [0, 0.05) is 12.0 Å². The maximum atomic E-state index is 11.6. The third kappa shape index (κ3) is 9.05. The Morgan fingerprint density at radius 1 is 0.750 bits per heavy atom. The minimum Gasteiger partial charge on any atom is -0.488 e. The van der Waals surface area contributed by atoms with E-state index >= 15 is 0 Å². The number of carboxylic acid groups (broad SMARTS) is 2. The third-order valence-electron chi connectivity index (χ3n) is 5.98. The van der Waals surface area contributed by atoms with Crippen LogP contribution in [0.4, 0.5) is 0 Å². The highest BCUT2D eigenvalue weighted by Gasteiger charge is 2.16. The summed E-state index contributed by atoms with van der Waals surface area (Å²) in [6, 6.07) is 17.7. The van der Waals surface area contributed by atoms with Gasteiger partial charge in [0.25, 0.3) is 0 Å². The van der Waals surface area contributed by atoms with E-state index in [0.29, 0.717) is 41.6 Å². The number of aliphatic carboxylic acids is 1. The predicted molar refractivity (Wildman–Crippen MR) is 155 cm³/mol. The molecule has 0 unspecified atom stereocenters. The van der Waals surface area contributed by atoms with Crippen LogP contribution in [0.25, 0.3) is 11.1 Å². The largest absolute Gasteiger partial charge is 0.488 e. The minimum absolute atomic E-state index is 0.0599. The van der Waals surface area contributed by atoms with Gasteiger partial charge in [0.1, 0.15) is 25.6 Å². The van der Waals surface area contributed by atoms with Gasteiger partial charge in [0.05, 0.1) is 5.56 Å². The zero-order valence-corrected chi connectivity index (χ0v) is 23.4. The predicted octanol–water partition coefficient (Wildman–Crippen LogP) is 7.34. The summed E-state index contributed by atoms with van der Waals surface area (Å²) >= 11 is 0. The summed E-state index contributed by atoms with van der Waals surface area (Å²) in [5, 5.41) is 18.8. The first kappa shape index (κ1) is 30.0. The van der Waals surface area contributed by atoms with Gasteiger partial charge in [-0.2, -0.15) is 0 Å². The SMILES string of the molecule is CC(C)=CCOc1ccc(COc2cccc(CCC(=O)O)c2-c2cccc(C(=O)O)c2)cc1OCC=C(C)C. The van der Waals surface area contributed by atoms with Crippen LogP contribution in [0.1, 0.15) is 55.6 Å². The van der Waals surface area contributed by atoms with Crippen molar-refractivity contribution in [3.8, 4) is 28.4 Å². The first-order valence-corrected chi connectivity index (χ1v) is 13.1. The molecule has 210 valence electrons. The highest BCUT2D eigenvalue weighted by Crippen LogP contribution is 2.36. The molecule has 0 heterocycles. The second kappa shape index (κ2) is 14.6. The molecule has 0 atom stereocenters. The van der Waals surface area contributed by atoms with Crippen LogP contribution < -0.4 is 14.2 Å². The Balaban J connectivity index is 1.92. The molecule has 7 nitrogen and oxygen atoms in total. The van der Waals surface area contributed by atoms with Crippen molar-refractivity contribution in [3.63, 3.8) is 0 Å². The molecule has 0 radical (unpaired) electrons. The van der Waals surface area contributed by atoms with Crippen LogP contribution in [-0.2, 0) is 17.8 Å². The van der Waals surface area contributed by atoms with Gasteiger partial charge in [-0.25, -0.2) is 4.79 Å². The van der Waals surface area contributed by atoms with Crippen LogP contribution in [0.15, 0.2) is 84.0 Å². The van der Waals surface area contributed by atoms with Crippen LogP contribution in [0, 0.1) is 0 Å². The van der Waals surface area contributed by atoms with Crippen molar-refractivity contribution < 1.29 is 34.0 Å². The Hall–Kier alpha value is -4.52. The van der Waals surface area contributed by atoms with E-state index in [2.05, 4.69) is 0 Å². The lowest BCUT2D eigenvalue weighted by molar-refractivity contribution is -0.136. The number of allylic oxidation sites excluding steroid dienone is 2. The van der Waals surface area contributed by atoms with Gasteiger partial charge >= 0.3 is 11.9 Å².